The molecule has 0 bridgehead atoms. The number of benzene rings is 1. The van der Waals surface area contributed by atoms with Crippen molar-refractivity contribution in [2.45, 2.75) is 45.4 Å². The highest BCUT2D eigenvalue weighted by atomic mass is 16.5. The van der Waals surface area contributed by atoms with Crippen LogP contribution in [0, 0.1) is 0 Å². The molecule has 1 aromatic rings. The van der Waals surface area contributed by atoms with E-state index in [4.69, 9.17) is 9.84 Å². The van der Waals surface area contributed by atoms with Crippen LogP contribution in [0.2, 0.25) is 0 Å². The van der Waals surface area contributed by atoms with Crippen LogP contribution in [-0.2, 0) is 9.53 Å². The molecule has 3 nitrogen and oxygen atoms in total. The zero-order chi connectivity index (χ0) is 14.6. The minimum Gasteiger partial charge on any atom is -0.487 e. The van der Waals surface area contributed by atoms with Crippen molar-refractivity contribution in [2.24, 2.45) is 0 Å². The second-order valence-electron chi connectivity index (χ2n) is 4.84. The molecule has 0 saturated carbocycles. The molecule has 0 aliphatic heterocycles. The monoisotopic (exact) mass is 276 g/mol. The minimum atomic E-state index is -1.01. The Bertz CT molecular complexity index is 410. The van der Waals surface area contributed by atoms with Gasteiger partial charge in [-0.25, -0.2) is 4.79 Å². The van der Waals surface area contributed by atoms with Gasteiger partial charge in [0.2, 0.25) is 5.76 Å². The summed E-state index contributed by atoms with van der Waals surface area (Å²) in [5.41, 5.74) is 0.841. The first-order valence-electron chi connectivity index (χ1n) is 7.37. The first-order chi connectivity index (χ1) is 9.74. The number of ether oxygens (including phenoxy) is 1. The van der Waals surface area contributed by atoms with Gasteiger partial charge in [0.05, 0.1) is 6.61 Å². The minimum absolute atomic E-state index is 0.0183. The van der Waals surface area contributed by atoms with Crippen LogP contribution in [0.3, 0.4) is 0 Å². The number of carbonyl (C=O) groups is 1. The van der Waals surface area contributed by atoms with Gasteiger partial charge in [0, 0.05) is 0 Å². The number of carboxylic acids is 1. The van der Waals surface area contributed by atoms with E-state index in [9.17, 15) is 4.79 Å². The lowest BCUT2D eigenvalue weighted by Gasteiger charge is -2.07. The Hall–Kier alpha value is -1.77. The van der Waals surface area contributed by atoms with E-state index >= 15 is 0 Å². The predicted molar refractivity (Wildman–Crippen MR) is 81.4 cm³/mol. The fourth-order valence-electron chi connectivity index (χ4n) is 1.93. The Kier molecular flexibility index (Phi) is 8.20. The normalized spacial score (nSPS) is 11.3. The maximum absolute atomic E-state index is 11.1. The second-order valence-corrected chi connectivity index (χ2v) is 4.84. The van der Waals surface area contributed by atoms with Crippen molar-refractivity contribution in [3.8, 4) is 0 Å². The number of rotatable bonds is 10. The fraction of sp³-hybridized carbons (Fsp3) is 0.471. The van der Waals surface area contributed by atoms with Crippen molar-refractivity contribution in [1.82, 2.24) is 0 Å². The fourth-order valence-corrected chi connectivity index (χ4v) is 1.93. The van der Waals surface area contributed by atoms with Crippen LogP contribution in [-0.4, -0.2) is 17.7 Å². The average Bonchev–Trinajstić information content (AvgIpc) is 2.46. The predicted octanol–water partition coefficient (Wildman–Crippen LogP) is 4.49. The highest BCUT2D eigenvalue weighted by Crippen LogP contribution is 2.10. The average molecular weight is 276 g/mol. The van der Waals surface area contributed by atoms with Gasteiger partial charge in [-0.05, 0) is 18.1 Å². The van der Waals surface area contributed by atoms with E-state index in [-0.39, 0.29) is 5.76 Å². The largest absolute Gasteiger partial charge is 0.487 e. The van der Waals surface area contributed by atoms with Gasteiger partial charge in [0.25, 0.3) is 0 Å². The summed E-state index contributed by atoms with van der Waals surface area (Å²) in [5, 5.41) is 9.11. The molecule has 0 aromatic heterocycles. The first-order valence-corrected chi connectivity index (χ1v) is 7.37. The molecule has 1 rings (SSSR count). The quantitative estimate of drug-likeness (QED) is 0.389. The summed E-state index contributed by atoms with van der Waals surface area (Å²) in [5.74, 6) is -0.996. The zero-order valence-corrected chi connectivity index (χ0v) is 12.2. The van der Waals surface area contributed by atoms with Gasteiger partial charge >= 0.3 is 5.97 Å². The summed E-state index contributed by atoms with van der Waals surface area (Å²) in [4.78, 5) is 11.1. The number of aliphatic carboxylic acids is 1. The van der Waals surface area contributed by atoms with Crippen molar-refractivity contribution in [3.63, 3.8) is 0 Å². The maximum atomic E-state index is 11.1. The highest BCUT2D eigenvalue weighted by Gasteiger charge is 2.08. The standard InChI is InChI=1S/C17H24O3/c1-2-3-4-5-6-10-13-20-16(17(18)19)14-15-11-8-7-9-12-15/h7-9,11-12,14H,2-6,10,13H2,1H3,(H,18,19). The third-order valence-corrected chi connectivity index (χ3v) is 3.06. The molecule has 0 fully saturated rings. The Morgan fingerprint density at radius 3 is 2.40 bits per heavy atom. The summed E-state index contributed by atoms with van der Waals surface area (Å²) in [6, 6.07) is 9.36. The number of hydrogen-bond donors (Lipinski definition) is 1. The lowest BCUT2D eigenvalue weighted by Crippen LogP contribution is -2.06. The topological polar surface area (TPSA) is 46.5 Å². The van der Waals surface area contributed by atoms with Gasteiger partial charge in [0.1, 0.15) is 0 Å². The Labute approximate surface area is 121 Å². The highest BCUT2D eigenvalue weighted by molar-refractivity contribution is 5.89. The molecule has 0 atom stereocenters. The summed E-state index contributed by atoms with van der Waals surface area (Å²) in [6.45, 7) is 2.66. The van der Waals surface area contributed by atoms with Crippen molar-refractivity contribution in [1.29, 1.82) is 0 Å². The molecule has 1 N–H and O–H groups in total. The molecular weight excluding hydrogens is 252 g/mol. The van der Waals surface area contributed by atoms with Crippen LogP contribution in [0.4, 0.5) is 0 Å². The van der Waals surface area contributed by atoms with E-state index in [0.29, 0.717) is 6.61 Å². The van der Waals surface area contributed by atoms with E-state index in [1.54, 1.807) is 6.08 Å². The smallest absolute Gasteiger partial charge is 0.371 e. The molecule has 0 heterocycles. The SMILES string of the molecule is CCCCCCCCOC(=Cc1ccccc1)C(=O)O. The summed E-state index contributed by atoms with van der Waals surface area (Å²) in [7, 11) is 0. The molecule has 3 heteroatoms. The Morgan fingerprint density at radius 1 is 1.10 bits per heavy atom. The Balaban J connectivity index is 2.34. The molecule has 0 spiro atoms. The number of carboxylic acid groups (broad SMARTS) is 1. The lowest BCUT2D eigenvalue weighted by molar-refractivity contribution is -0.136. The Morgan fingerprint density at radius 2 is 1.75 bits per heavy atom. The van der Waals surface area contributed by atoms with Gasteiger partial charge in [-0.3, -0.25) is 0 Å². The number of hydrogen-bond acceptors (Lipinski definition) is 2. The molecule has 20 heavy (non-hydrogen) atoms. The van der Waals surface area contributed by atoms with Crippen LogP contribution < -0.4 is 0 Å². The summed E-state index contributed by atoms with van der Waals surface area (Å²) >= 11 is 0. The van der Waals surface area contributed by atoms with Crippen molar-refractivity contribution in [3.05, 3.63) is 41.7 Å². The van der Waals surface area contributed by atoms with Gasteiger partial charge < -0.3 is 9.84 Å². The first kappa shape index (κ1) is 16.3. The van der Waals surface area contributed by atoms with E-state index in [1.807, 2.05) is 30.3 Å². The molecule has 110 valence electrons. The van der Waals surface area contributed by atoms with Gasteiger partial charge in [-0.2, -0.15) is 0 Å². The maximum Gasteiger partial charge on any atom is 0.371 e. The van der Waals surface area contributed by atoms with E-state index in [1.165, 1.54) is 25.7 Å². The van der Waals surface area contributed by atoms with E-state index in [0.717, 1.165) is 18.4 Å². The van der Waals surface area contributed by atoms with E-state index in [2.05, 4.69) is 6.92 Å². The van der Waals surface area contributed by atoms with Crippen LogP contribution in [0.25, 0.3) is 6.08 Å². The zero-order valence-electron chi connectivity index (χ0n) is 12.2. The lowest BCUT2D eigenvalue weighted by atomic mass is 10.1. The molecule has 0 amide bonds. The van der Waals surface area contributed by atoms with Crippen LogP contribution in [0.15, 0.2) is 36.1 Å². The summed E-state index contributed by atoms with van der Waals surface area (Å²) < 4.78 is 5.38. The number of unbranched alkanes of at least 4 members (excludes halogenated alkanes) is 5. The van der Waals surface area contributed by atoms with Gasteiger partial charge in [0.15, 0.2) is 0 Å². The molecule has 0 aliphatic rings. The van der Waals surface area contributed by atoms with Crippen LogP contribution in [0.5, 0.6) is 0 Å². The van der Waals surface area contributed by atoms with E-state index < -0.39 is 5.97 Å². The molecule has 0 aliphatic carbocycles. The van der Waals surface area contributed by atoms with Gasteiger partial charge in [-0.15, -0.1) is 0 Å². The van der Waals surface area contributed by atoms with Crippen molar-refractivity contribution >= 4 is 12.0 Å². The molecule has 0 radical (unpaired) electrons. The van der Waals surface area contributed by atoms with Crippen LogP contribution >= 0.6 is 0 Å². The van der Waals surface area contributed by atoms with Gasteiger partial charge in [-0.1, -0.05) is 69.4 Å². The molecule has 0 unspecified atom stereocenters. The molecular formula is C17H24O3. The summed E-state index contributed by atoms with van der Waals surface area (Å²) in [6.07, 6.45) is 8.53. The van der Waals surface area contributed by atoms with Crippen LogP contribution in [0.1, 0.15) is 51.0 Å². The second kappa shape index (κ2) is 10.1. The third kappa shape index (κ3) is 6.98. The molecule has 1 aromatic carbocycles. The third-order valence-electron chi connectivity index (χ3n) is 3.06. The van der Waals surface area contributed by atoms with Crippen molar-refractivity contribution < 1.29 is 14.6 Å². The molecule has 0 saturated heterocycles. The van der Waals surface area contributed by atoms with Crippen molar-refractivity contribution in [2.75, 3.05) is 6.61 Å².